The van der Waals surface area contributed by atoms with Crippen molar-refractivity contribution in [3.8, 4) is 5.75 Å². The predicted molar refractivity (Wildman–Crippen MR) is 65.9 cm³/mol. The predicted octanol–water partition coefficient (Wildman–Crippen LogP) is 1.44. The molecule has 0 spiro atoms. The summed E-state index contributed by atoms with van der Waals surface area (Å²) >= 11 is 0. The van der Waals surface area contributed by atoms with Gasteiger partial charge in [0.2, 0.25) is 11.9 Å². The van der Waals surface area contributed by atoms with E-state index in [1.54, 1.807) is 6.07 Å². The smallest absolute Gasteiger partial charge is 0.267 e. The van der Waals surface area contributed by atoms with Crippen LogP contribution in [-0.2, 0) is 6.54 Å². The zero-order valence-electron chi connectivity index (χ0n) is 10.2. The molecule has 0 bridgehead atoms. The van der Waals surface area contributed by atoms with E-state index >= 15 is 0 Å². The van der Waals surface area contributed by atoms with Crippen LogP contribution >= 0.6 is 0 Å². The van der Waals surface area contributed by atoms with E-state index in [0.717, 1.165) is 0 Å². The third-order valence-corrected chi connectivity index (χ3v) is 2.58. The lowest BCUT2D eigenvalue weighted by molar-refractivity contribution is 0.147. The second kappa shape index (κ2) is 5.09. The molecule has 102 valence electrons. The second-order valence-electron chi connectivity index (χ2n) is 3.86. The highest BCUT2D eigenvalue weighted by Gasteiger charge is 2.15. The van der Waals surface area contributed by atoms with Crippen LogP contribution in [0.15, 0.2) is 18.2 Å². The Balaban J connectivity index is 2.31. The number of anilines is 2. The van der Waals surface area contributed by atoms with Crippen molar-refractivity contribution in [2.75, 3.05) is 18.6 Å². The molecular formula is C11H13F2N5O. The first-order chi connectivity index (χ1) is 9.01. The van der Waals surface area contributed by atoms with E-state index in [0.29, 0.717) is 5.56 Å². The number of rotatable bonds is 4. The number of halogens is 2. The average Bonchev–Trinajstić information content (AvgIpc) is 2.67. The van der Waals surface area contributed by atoms with E-state index in [9.17, 15) is 8.78 Å². The van der Waals surface area contributed by atoms with Crippen LogP contribution < -0.4 is 16.2 Å². The molecule has 0 amide bonds. The van der Waals surface area contributed by atoms with E-state index in [1.807, 2.05) is 0 Å². The van der Waals surface area contributed by atoms with Crippen molar-refractivity contribution in [2.45, 2.75) is 13.0 Å². The molecule has 0 atom stereocenters. The third-order valence-electron chi connectivity index (χ3n) is 2.58. The molecule has 8 heteroatoms. The van der Waals surface area contributed by atoms with Crippen molar-refractivity contribution < 1.29 is 13.5 Å². The van der Waals surface area contributed by atoms with Crippen molar-refractivity contribution in [3.05, 3.63) is 29.3 Å². The standard InChI is InChI=1S/C11H13F2N5O/c1-19-8-3-2-6(4-7(8)9(12)13)5-18-11(15)16-10(14)17-18/h2-4,9H,5H2,1H3,(H4,14,15,16,17). The van der Waals surface area contributed by atoms with Gasteiger partial charge >= 0.3 is 0 Å². The number of alkyl halides is 2. The molecule has 0 unspecified atom stereocenters. The Kier molecular flexibility index (Phi) is 3.50. The SMILES string of the molecule is COc1ccc(Cn2nc(N)nc2N)cc1C(F)F. The highest BCUT2D eigenvalue weighted by molar-refractivity contribution is 5.38. The number of hydrogen-bond acceptors (Lipinski definition) is 5. The van der Waals surface area contributed by atoms with Crippen LogP contribution in [0, 0.1) is 0 Å². The van der Waals surface area contributed by atoms with Gasteiger partial charge in [-0.05, 0) is 17.7 Å². The molecule has 0 aliphatic rings. The lowest BCUT2D eigenvalue weighted by atomic mass is 10.1. The van der Waals surface area contributed by atoms with Gasteiger partial charge in [0.05, 0.1) is 19.2 Å². The Hall–Kier alpha value is -2.38. The Bertz CT molecular complexity index is 584. The summed E-state index contributed by atoms with van der Waals surface area (Å²) in [6.45, 7) is 0.208. The quantitative estimate of drug-likeness (QED) is 0.876. The van der Waals surface area contributed by atoms with Gasteiger partial charge in [-0.25, -0.2) is 13.5 Å². The minimum Gasteiger partial charge on any atom is -0.496 e. The van der Waals surface area contributed by atoms with E-state index in [1.165, 1.54) is 23.9 Å². The number of methoxy groups -OCH3 is 1. The number of hydrogen-bond donors (Lipinski definition) is 2. The summed E-state index contributed by atoms with van der Waals surface area (Å²) in [5.74, 6) is 0.317. The van der Waals surface area contributed by atoms with Gasteiger partial charge in [-0.15, -0.1) is 5.10 Å². The molecule has 2 rings (SSSR count). The zero-order chi connectivity index (χ0) is 14.0. The van der Waals surface area contributed by atoms with Gasteiger partial charge in [0.25, 0.3) is 6.43 Å². The minimum absolute atomic E-state index is 0.0418. The van der Waals surface area contributed by atoms with E-state index in [2.05, 4.69) is 10.1 Å². The molecular weight excluding hydrogens is 256 g/mol. The molecule has 2 aromatic rings. The number of benzene rings is 1. The molecule has 1 heterocycles. The summed E-state index contributed by atoms with van der Waals surface area (Å²) in [6.07, 6.45) is -2.62. The van der Waals surface area contributed by atoms with Crippen molar-refractivity contribution in [1.29, 1.82) is 0 Å². The second-order valence-corrected chi connectivity index (χ2v) is 3.86. The summed E-state index contributed by atoms with van der Waals surface area (Å²) in [7, 11) is 1.34. The number of aromatic nitrogens is 3. The molecule has 1 aromatic carbocycles. The van der Waals surface area contributed by atoms with Crippen molar-refractivity contribution in [2.24, 2.45) is 0 Å². The Morgan fingerprint density at radius 3 is 2.63 bits per heavy atom. The topological polar surface area (TPSA) is 92.0 Å². The molecule has 0 saturated heterocycles. The van der Waals surface area contributed by atoms with Gasteiger partial charge in [0.15, 0.2) is 0 Å². The first kappa shape index (κ1) is 13.1. The summed E-state index contributed by atoms with van der Waals surface area (Å²) < 4.78 is 31.9. The molecule has 4 N–H and O–H groups in total. The first-order valence-corrected chi connectivity index (χ1v) is 5.42. The summed E-state index contributed by atoms with van der Waals surface area (Å²) in [5, 5.41) is 3.86. The van der Waals surface area contributed by atoms with Crippen LogP contribution in [0.5, 0.6) is 5.75 Å². The van der Waals surface area contributed by atoms with Crippen LogP contribution in [0.25, 0.3) is 0 Å². The highest BCUT2D eigenvalue weighted by atomic mass is 19.3. The van der Waals surface area contributed by atoms with Crippen molar-refractivity contribution in [3.63, 3.8) is 0 Å². The molecule has 0 fully saturated rings. The van der Waals surface area contributed by atoms with Crippen LogP contribution in [-0.4, -0.2) is 21.9 Å². The van der Waals surface area contributed by atoms with E-state index in [4.69, 9.17) is 16.2 Å². The van der Waals surface area contributed by atoms with Crippen LogP contribution in [0.2, 0.25) is 0 Å². The lowest BCUT2D eigenvalue weighted by Crippen LogP contribution is -2.07. The Labute approximate surface area is 108 Å². The number of nitrogens with two attached hydrogens (primary N) is 2. The zero-order valence-corrected chi connectivity index (χ0v) is 10.2. The Morgan fingerprint density at radius 2 is 2.11 bits per heavy atom. The summed E-state index contributed by atoms with van der Waals surface area (Å²) in [5.41, 5.74) is 11.4. The fourth-order valence-corrected chi connectivity index (χ4v) is 1.71. The first-order valence-electron chi connectivity index (χ1n) is 5.42. The van der Waals surface area contributed by atoms with Crippen LogP contribution in [0.4, 0.5) is 20.7 Å². The van der Waals surface area contributed by atoms with Crippen molar-refractivity contribution >= 4 is 11.9 Å². The van der Waals surface area contributed by atoms with Gasteiger partial charge in [-0.3, -0.25) is 0 Å². The van der Waals surface area contributed by atoms with Gasteiger partial charge in [0.1, 0.15) is 5.75 Å². The molecule has 19 heavy (non-hydrogen) atoms. The van der Waals surface area contributed by atoms with Gasteiger partial charge < -0.3 is 16.2 Å². The van der Waals surface area contributed by atoms with Crippen LogP contribution in [0.1, 0.15) is 17.6 Å². The minimum atomic E-state index is -2.62. The molecule has 0 aliphatic carbocycles. The largest absolute Gasteiger partial charge is 0.496 e. The fourth-order valence-electron chi connectivity index (χ4n) is 1.71. The number of ether oxygens (including phenoxy) is 1. The van der Waals surface area contributed by atoms with Gasteiger partial charge in [0, 0.05) is 0 Å². The molecule has 1 aromatic heterocycles. The number of nitrogens with zero attached hydrogens (tertiary/aromatic N) is 3. The monoisotopic (exact) mass is 269 g/mol. The van der Waals surface area contributed by atoms with Crippen molar-refractivity contribution in [1.82, 2.24) is 14.8 Å². The maximum atomic E-state index is 12.9. The molecule has 0 saturated carbocycles. The molecule has 0 radical (unpaired) electrons. The third kappa shape index (κ3) is 2.72. The van der Waals surface area contributed by atoms with Crippen LogP contribution in [0.3, 0.4) is 0 Å². The highest BCUT2D eigenvalue weighted by Crippen LogP contribution is 2.30. The Morgan fingerprint density at radius 1 is 1.37 bits per heavy atom. The normalized spacial score (nSPS) is 10.9. The summed E-state index contributed by atoms with van der Waals surface area (Å²) in [6, 6.07) is 4.48. The number of nitrogen functional groups attached to an aromatic ring is 2. The van der Waals surface area contributed by atoms with E-state index in [-0.39, 0.29) is 29.8 Å². The average molecular weight is 269 g/mol. The molecule has 6 nitrogen and oxygen atoms in total. The summed E-state index contributed by atoms with van der Waals surface area (Å²) in [4.78, 5) is 3.73. The van der Waals surface area contributed by atoms with Gasteiger partial charge in [-0.1, -0.05) is 6.07 Å². The maximum Gasteiger partial charge on any atom is 0.267 e. The lowest BCUT2D eigenvalue weighted by Gasteiger charge is -2.10. The van der Waals surface area contributed by atoms with E-state index < -0.39 is 6.43 Å². The van der Waals surface area contributed by atoms with Gasteiger partial charge in [-0.2, -0.15) is 4.98 Å². The molecule has 0 aliphatic heterocycles. The fraction of sp³-hybridized carbons (Fsp3) is 0.273. The maximum absolute atomic E-state index is 12.9.